The van der Waals surface area contributed by atoms with E-state index in [1.54, 1.807) is 7.11 Å². The standard InChI is InChI=1S/C10H21N3O2S/c1-13-4-6-15-9(8-13)7-12-10(16)11-3-5-14-2/h9H,3-8H2,1-2H3,(H2,11,12,16). The molecule has 5 nitrogen and oxygen atoms in total. The molecule has 0 aliphatic carbocycles. The predicted octanol–water partition coefficient (Wildman–Crippen LogP) is -0.572. The molecule has 0 aromatic heterocycles. The Labute approximate surface area is 102 Å². The van der Waals surface area contributed by atoms with Crippen molar-refractivity contribution >= 4 is 17.3 Å². The van der Waals surface area contributed by atoms with Crippen LogP contribution in [0.1, 0.15) is 0 Å². The average molecular weight is 247 g/mol. The molecule has 0 amide bonds. The minimum absolute atomic E-state index is 0.223. The highest BCUT2D eigenvalue weighted by molar-refractivity contribution is 7.80. The lowest BCUT2D eigenvalue weighted by Crippen LogP contribution is -2.48. The summed E-state index contributed by atoms with van der Waals surface area (Å²) in [5, 5.41) is 6.87. The zero-order chi connectivity index (χ0) is 11.8. The molecule has 0 aromatic carbocycles. The number of ether oxygens (including phenoxy) is 2. The minimum atomic E-state index is 0.223. The SMILES string of the molecule is COCCNC(=S)NCC1CN(C)CCO1. The van der Waals surface area contributed by atoms with E-state index in [1.807, 2.05) is 0 Å². The van der Waals surface area contributed by atoms with Crippen molar-refractivity contribution in [2.75, 3.05) is 53.6 Å². The van der Waals surface area contributed by atoms with Gasteiger partial charge >= 0.3 is 0 Å². The summed E-state index contributed by atoms with van der Waals surface area (Å²) in [4.78, 5) is 2.26. The molecule has 1 atom stereocenters. The maximum Gasteiger partial charge on any atom is 0.166 e. The summed E-state index contributed by atoms with van der Waals surface area (Å²) in [6.45, 7) is 4.90. The summed E-state index contributed by atoms with van der Waals surface area (Å²) in [6.07, 6.45) is 0.223. The van der Waals surface area contributed by atoms with E-state index in [-0.39, 0.29) is 6.10 Å². The smallest absolute Gasteiger partial charge is 0.166 e. The topological polar surface area (TPSA) is 45.8 Å². The molecule has 2 N–H and O–H groups in total. The van der Waals surface area contributed by atoms with Crippen molar-refractivity contribution in [1.82, 2.24) is 15.5 Å². The molecule has 1 rings (SSSR count). The lowest BCUT2D eigenvalue weighted by molar-refractivity contribution is -0.0160. The zero-order valence-corrected chi connectivity index (χ0v) is 10.8. The summed E-state index contributed by atoms with van der Waals surface area (Å²) < 4.78 is 10.5. The van der Waals surface area contributed by atoms with Crippen LogP contribution in [-0.2, 0) is 9.47 Å². The van der Waals surface area contributed by atoms with Crippen LogP contribution in [-0.4, -0.2) is 69.7 Å². The Kier molecular flexibility index (Phi) is 6.63. The van der Waals surface area contributed by atoms with Gasteiger partial charge in [-0.3, -0.25) is 0 Å². The van der Waals surface area contributed by atoms with Gasteiger partial charge in [0.05, 0.1) is 19.3 Å². The molecule has 1 saturated heterocycles. The second kappa shape index (κ2) is 7.78. The number of morpholine rings is 1. The van der Waals surface area contributed by atoms with E-state index in [0.29, 0.717) is 11.7 Å². The second-order valence-electron chi connectivity index (χ2n) is 3.88. The van der Waals surface area contributed by atoms with Crippen LogP contribution in [0.2, 0.25) is 0 Å². The highest BCUT2D eigenvalue weighted by Crippen LogP contribution is 2.01. The van der Waals surface area contributed by atoms with Crippen molar-refractivity contribution in [1.29, 1.82) is 0 Å². The molecule has 1 unspecified atom stereocenters. The fraction of sp³-hybridized carbons (Fsp3) is 0.900. The first-order chi connectivity index (χ1) is 7.72. The van der Waals surface area contributed by atoms with Gasteiger partial charge < -0.3 is 25.0 Å². The third-order valence-corrected chi connectivity index (χ3v) is 2.71. The van der Waals surface area contributed by atoms with Crippen molar-refractivity contribution < 1.29 is 9.47 Å². The molecule has 0 bridgehead atoms. The minimum Gasteiger partial charge on any atom is -0.383 e. The number of thiocarbonyl (C=S) groups is 1. The molecule has 1 aliphatic rings. The van der Waals surface area contributed by atoms with Gasteiger partial charge in [0.25, 0.3) is 0 Å². The van der Waals surface area contributed by atoms with Gasteiger partial charge in [0, 0.05) is 33.3 Å². The lowest BCUT2D eigenvalue weighted by Gasteiger charge is -2.30. The van der Waals surface area contributed by atoms with Gasteiger partial charge in [-0.1, -0.05) is 0 Å². The Balaban J connectivity index is 2.06. The third-order valence-electron chi connectivity index (χ3n) is 2.42. The van der Waals surface area contributed by atoms with Gasteiger partial charge in [-0.15, -0.1) is 0 Å². The largest absolute Gasteiger partial charge is 0.383 e. The number of likely N-dealkylation sites (N-methyl/N-ethyl adjacent to an activating group) is 1. The molecule has 1 aliphatic heterocycles. The number of nitrogens with zero attached hydrogens (tertiary/aromatic N) is 1. The molecule has 1 heterocycles. The van der Waals surface area contributed by atoms with Gasteiger partial charge in [-0.2, -0.15) is 0 Å². The van der Waals surface area contributed by atoms with E-state index in [1.165, 1.54) is 0 Å². The molecule has 16 heavy (non-hydrogen) atoms. The van der Waals surface area contributed by atoms with Gasteiger partial charge in [0.1, 0.15) is 0 Å². The lowest BCUT2D eigenvalue weighted by atomic mass is 10.3. The van der Waals surface area contributed by atoms with Crippen LogP contribution in [0, 0.1) is 0 Å². The molecule has 6 heteroatoms. The van der Waals surface area contributed by atoms with Crippen LogP contribution in [0.25, 0.3) is 0 Å². The van der Waals surface area contributed by atoms with Crippen molar-refractivity contribution in [3.8, 4) is 0 Å². The van der Waals surface area contributed by atoms with Gasteiger partial charge in [0.2, 0.25) is 0 Å². The van der Waals surface area contributed by atoms with Gasteiger partial charge in [-0.05, 0) is 19.3 Å². The van der Waals surface area contributed by atoms with Crippen molar-refractivity contribution in [3.05, 3.63) is 0 Å². The molecule has 0 radical (unpaired) electrons. The van der Waals surface area contributed by atoms with Crippen molar-refractivity contribution in [2.45, 2.75) is 6.10 Å². The van der Waals surface area contributed by atoms with Crippen LogP contribution in [0.5, 0.6) is 0 Å². The van der Waals surface area contributed by atoms with E-state index in [0.717, 1.165) is 32.8 Å². The number of hydrogen-bond donors (Lipinski definition) is 2. The summed E-state index contributed by atoms with van der Waals surface area (Å²) in [5.41, 5.74) is 0. The van der Waals surface area contributed by atoms with E-state index >= 15 is 0 Å². The quantitative estimate of drug-likeness (QED) is 0.501. The predicted molar refractivity (Wildman–Crippen MR) is 67.7 cm³/mol. The number of hydrogen-bond acceptors (Lipinski definition) is 4. The molecule has 0 saturated carbocycles. The summed E-state index contributed by atoms with van der Waals surface area (Å²) in [7, 11) is 3.77. The molecule has 1 fully saturated rings. The average Bonchev–Trinajstić information content (AvgIpc) is 2.27. The molecule has 0 spiro atoms. The monoisotopic (exact) mass is 247 g/mol. The first kappa shape index (κ1) is 13.6. The van der Waals surface area contributed by atoms with E-state index in [2.05, 4.69) is 22.6 Å². The van der Waals surface area contributed by atoms with E-state index in [4.69, 9.17) is 21.7 Å². The summed E-state index contributed by atoms with van der Waals surface area (Å²) >= 11 is 5.12. The number of methoxy groups -OCH3 is 1. The Morgan fingerprint density at radius 2 is 2.38 bits per heavy atom. The first-order valence-electron chi connectivity index (χ1n) is 5.53. The van der Waals surface area contributed by atoms with Gasteiger partial charge in [0.15, 0.2) is 5.11 Å². The van der Waals surface area contributed by atoms with Crippen LogP contribution < -0.4 is 10.6 Å². The number of rotatable bonds is 5. The Hall–Kier alpha value is -0.430. The van der Waals surface area contributed by atoms with E-state index in [9.17, 15) is 0 Å². The maximum absolute atomic E-state index is 5.61. The van der Waals surface area contributed by atoms with Crippen molar-refractivity contribution in [2.24, 2.45) is 0 Å². The Bertz CT molecular complexity index is 216. The third kappa shape index (κ3) is 5.60. The van der Waals surface area contributed by atoms with Crippen LogP contribution in [0.4, 0.5) is 0 Å². The number of nitrogens with one attached hydrogen (secondary N) is 2. The molecular formula is C10H21N3O2S. The first-order valence-corrected chi connectivity index (χ1v) is 5.94. The second-order valence-corrected chi connectivity index (χ2v) is 4.29. The Morgan fingerprint density at radius 3 is 3.06 bits per heavy atom. The molecular weight excluding hydrogens is 226 g/mol. The molecule has 0 aromatic rings. The highest BCUT2D eigenvalue weighted by Gasteiger charge is 2.17. The van der Waals surface area contributed by atoms with Crippen LogP contribution in [0.15, 0.2) is 0 Å². The maximum atomic E-state index is 5.61. The summed E-state index contributed by atoms with van der Waals surface area (Å²) in [6, 6.07) is 0. The van der Waals surface area contributed by atoms with Crippen LogP contribution >= 0.6 is 12.2 Å². The van der Waals surface area contributed by atoms with Gasteiger partial charge in [-0.25, -0.2) is 0 Å². The fourth-order valence-electron chi connectivity index (χ4n) is 1.53. The van der Waals surface area contributed by atoms with E-state index < -0.39 is 0 Å². The normalized spacial score (nSPS) is 21.8. The summed E-state index contributed by atoms with van der Waals surface area (Å²) in [5.74, 6) is 0. The highest BCUT2D eigenvalue weighted by atomic mass is 32.1. The zero-order valence-electron chi connectivity index (χ0n) is 9.99. The van der Waals surface area contributed by atoms with Crippen LogP contribution in [0.3, 0.4) is 0 Å². The van der Waals surface area contributed by atoms with Crippen molar-refractivity contribution in [3.63, 3.8) is 0 Å². The molecule has 94 valence electrons. The Morgan fingerprint density at radius 1 is 1.56 bits per heavy atom. The fourth-order valence-corrected chi connectivity index (χ4v) is 1.71.